The van der Waals surface area contributed by atoms with E-state index in [0.717, 1.165) is 26.2 Å². The zero-order valence-corrected chi connectivity index (χ0v) is 17.6. The Balaban J connectivity index is 1.32. The van der Waals surface area contributed by atoms with E-state index in [1.54, 1.807) is 12.1 Å². The minimum atomic E-state index is -0.587. The highest BCUT2D eigenvalue weighted by Gasteiger charge is 2.27. The van der Waals surface area contributed by atoms with E-state index in [9.17, 15) is 9.50 Å². The standard InChI is InChI=1S/C26H29FN2O2/c27-23-11-13-25(14-12-23)31-20-24(30)19-28-15-17-29(18-16-28)26(21-7-3-1-4-8-21)22-9-5-2-6-10-22/h1-14,24,26,30H,15-20H2. The van der Waals surface area contributed by atoms with Gasteiger partial charge in [0.25, 0.3) is 0 Å². The first-order valence-corrected chi connectivity index (χ1v) is 10.8. The van der Waals surface area contributed by atoms with E-state index in [2.05, 4.69) is 70.5 Å². The molecule has 0 spiro atoms. The Morgan fingerprint density at radius 1 is 0.774 bits per heavy atom. The second-order valence-electron chi connectivity index (χ2n) is 7.98. The maximum atomic E-state index is 13.0. The molecule has 0 amide bonds. The molecule has 1 N–H and O–H groups in total. The smallest absolute Gasteiger partial charge is 0.123 e. The molecule has 1 fully saturated rings. The van der Waals surface area contributed by atoms with Gasteiger partial charge in [0.1, 0.15) is 24.3 Å². The van der Waals surface area contributed by atoms with Crippen molar-refractivity contribution in [1.82, 2.24) is 9.80 Å². The van der Waals surface area contributed by atoms with Crippen LogP contribution in [0, 0.1) is 5.82 Å². The normalized spacial score (nSPS) is 16.4. The maximum Gasteiger partial charge on any atom is 0.123 e. The summed E-state index contributed by atoms with van der Waals surface area (Å²) >= 11 is 0. The third-order valence-corrected chi connectivity index (χ3v) is 5.73. The molecule has 31 heavy (non-hydrogen) atoms. The van der Waals surface area contributed by atoms with E-state index >= 15 is 0 Å². The monoisotopic (exact) mass is 420 g/mol. The van der Waals surface area contributed by atoms with Gasteiger partial charge in [-0.3, -0.25) is 9.80 Å². The molecule has 0 bridgehead atoms. The predicted octanol–water partition coefficient (Wildman–Crippen LogP) is 3.97. The lowest BCUT2D eigenvalue weighted by Crippen LogP contribution is -2.50. The number of benzene rings is 3. The third kappa shape index (κ3) is 5.91. The zero-order chi connectivity index (χ0) is 21.5. The van der Waals surface area contributed by atoms with Crippen LogP contribution < -0.4 is 4.74 Å². The summed E-state index contributed by atoms with van der Waals surface area (Å²) in [6, 6.07) is 27.4. The van der Waals surface area contributed by atoms with Crippen LogP contribution in [0.3, 0.4) is 0 Å². The molecule has 162 valence electrons. The van der Waals surface area contributed by atoms with Crippen molar-refractivity contribution in [2.45, 2.75) is 12.1 Å². The second-order valence-corrected chi connectivity index (χ2v) is 7.98. The fourth-order valence-electron chi connectivity index (χ4n) is 4.16. The summed E-state index contributed by atoms with van der Waals surface area (Å²) in [4.78, 5) is 4.80. The van der Waals surface area contributed by atoms with Crippen LogP contribution in [0.4, 0.5) is 4.39 Å². The molecule has 1 aliphatic rings. The Bertz CT molecular complexity index is 874. The molecule has 1 aliphatic heterocycles. The quantitative estimate of drug-likeness (QED) is 0.598. The summed E-state index contributed by atoms with van der Waals surface area (Å²) in [6.45, 7) is 4.41. The summed E-state index contributed by atoms with van der Waals surface area (Å²) in [5.41, 5.74) is 2.60. The lowest BCUT2D eigenvalue weighted by Gasteiger charge is -2.40. The first kappa shape index (κ1) is 21.5. The lowest BCUT2D eigenvalue weighted by atomic mass is 9.96. The van der Waals surface area contributed by atoms with Crippen LogP contribution in [0.15, 0.2) is 84.9 Å². The minimum Gasteiger partial charge on any atom is -0.491 e. The Morgan fingerprint density at radius 2 is 1.32 bits per heavy atom. The SMILES string of the molecule is OC(COc1ccc(F)cc1)CN1CCN(C(c2ccccc2)c2ccccc2)CC1. The van der Waals surface area contributed by atoms with E-state index in [0.29, 0.717) is 12.3 Å². The molecule has 0 saturated carbocycles. The summed E-state index contributed by atoms with van der Waals surface area (Å²) in [7, 11) is 0. The fraction of sp³-hybridized carbons (Fsp3) is 0.308. The number of hydrogen-bond donors (Lipinski definition) is 1. The molecule has 3 aromatic rings. The van der Waals surface area contributed by atoms with Crippen LogP contribution in [0.2, 0.25) is 0 Å². The van der Waals surface area contributed by atoms with E-state index < -0.39 is 6.10 Å². The Labute approximate surface area is 183 Å². The van der Waals surface area contributed by atoms with Gasteiger partial charge >= 0.3 is 0 Å². The maximum absolute atomic E-state index is 13.0. The van der Waals surface area contributed by atoms with Crippen molar-refractivity contribution in [2.24, 2.45) is 0 Å². The van der Waals surface area contributed by atoms with Gasteiger partial charge in [-0.05, 0) is 35.4 Å². The van der Waals surface area contributed by atoms with Crippen molar-refractivity contribution in [3.8, 4) is 5.75 Å². The molecule has 1 saturated heterocycles. The fourth-order valence-corrected chi connectivity index (χ4v) is 4.16. The molecule has 1 atom stereocenters. The van der Waals surface area contributed by atoms with Gasteiger partial charge in [0.05, 0.1) is 6.04 Å². The van der Waals surface area contributed by atoms with Crippen molar-refractivity contribution < 1.29 is 14.2 Å². The number of aliphatic hydroxyl groups is 1. The first-order chi connectivity index (χ1) is 15.2. The molecule has 4 rings (SSSR count). The molecule has 4 nitrogen and oxygen atoms in total. The van der Waals surface area contributed by atoms with Gasteiger partial charge in [-0.1, -0.05) is 60.7 Å². The van der Waals surface area contributed by atoms with Gasteiger partial charge in [0.2, 0.25) is 0 Å². The molecule has 0 radical (unpaired) electrons. The third-order valence-electron chi connectivity index (χ3n) is 5.73. The van der Waals surface area contributed by atoms with Gasteiger partial charge in [-0.25, -0.2) is 4.39 Å². The summed E-state index contributed by atoms with van der Waals surface area (Å²) in [5, 5.41) is 10.4. The summed E-state index contributed by atoms with van der Waals surface area (Å²) in [5.74, 6) is 0.272. The van der Waals surface area contributed by atoms with Crippen LogP contribution in [0.1, 0.15) is 17.2 Å². The van der Waals surface area contributed by atoms with Crippen molar-refractivity contribution in [3.05, 3.63) is 102 Å². The number of rotatable bonds is 8. The first-order valence-electron chi connectivity index (χ1n) is 10.8. The van der Waals surface area contributed by atoms with Crippen LogP contribution in [0.5, 0.6) is 5.75 Å². The van der Waals surface area contributed by atoms with E-state index in [1.807, 2.05) is 0 Å². The Kier molecular flexibility index (Phi) is 7.30. The molecule has 1 heterocycles. The minimum absolute atomic E-state index is 0.197. The summed E-state index contributed by atoms with van der Waals surface area (Å²) in [6.07, 6.45) is -0.587. The van der Waals surface area contributed by atoms with Crippen molar-refractivity contribution >= 4 is 0 Å². The Morgan fingerprint density at radius 3 is 1.87 bits per heavy atom. The molecule has 0 aliphatic carbocycles. The number of ether oxygens (including phenoxy) is 1. The zero-order valence-electron chi connectivity index (χ0n) is 17.6. The highest BCUT2D eigenvalue weighted by molar-refractivity contribution is 5.32. The number of hydrogen-bond acceptors (Lipinski definition) is 4. The predicted molar refractivity (Wildman–Crippen MR) is 121 cm³/mol. The molecule has 3 aromatic carbocycles. The highest BCUT2D eigenvalue weighted by atomic mass is 19.1. The number of nitrogens with zero attached hydrogens (tertiary/aromatic N) is 2. The van der Waals surface area contributed by atoms with Crippen molar-refractivity contribution in [2.75, 3.05) is 39.3 Å². The second kappa shape index (κ2) is 10.5. The largest absolute Gasteiger partial charge is 0.491 e. The highest BCUT2D eigenvalue weighted by Crippen LogP contribution is 2.29. The molecule has 1 unspecified atom stereocenters. The van der Waals surface area contributed by atoms with Gasteiger partial charge in [-0.2, -0.15) is 0 Å². The van der Waals surface area contributed by atoms with Gasteiger partial charge in [0, 0.05) is 32.7 Å². The summed E-state index contributed by atoms with van der Waals surface area (Å²) < 4.78 is 18.6. The number of aliphatic hydroxyl groups excluding tert-OH is 1. The molecular weight excluding hydrogens is 391 g/mol. The van der Waals surface area contributed by atoms with E-state index in [1.165, 1.54) is 23.3 Å². The van der Waals surface area contributed by atoms with Crippen molar-refractivity contribution in [1.29, 1.82) is 0 Å². The van der Waals surface area contributed by atoms with Gasteiger partial charge in [0.15, 0.2) is 0 Å². The number of β-amino-alcohol motifs (C(OH)–C–C–N with tert-alkyl or cyclic N) is 1. The van der Waals surface area contributed by atoms with Crippen LogP contribution in [-0.2, 0) is 0 Å². The van der Waals surface area contributed by atoms with Gasteiger partial charge in [-0.15, -0.1) is 0 Å². The topological polar surface area (TPSA) is 35.9 Å². The number of halogens is 1. The van der Waals surface area contributed by atoms with Crippen molar-refractivity contribution in [3.63, 3.8) is 0 Å². The molecule has 5 heteroatoms. The molecular formula is C26H29FN2O2. The van der Waals surface area contributed by atoms with Gasteiger partial charge < -0.3 is 9.84 Å². The molecule has 0 aromatic heterocycles. The van der Waals surface area contributed by atoms with Crippen LogP contribution in [0.25, 0.3) is 0 Å². The Hall–Kier alpha value is -2.73. The average molecular weight is 421 g/mol. The van der Waals surface area contributed by atoms with E-state index in [4.69, 9.17) is 4.74 Å². The number of piperazine rings is 1. The average Bonchev–Trinajstić information content (AvgIpc) is 2.81. The van der Waals surface area contributed by atoms with Crippen LogP contribution >= 0.6 is 0 Å². The van der Waals surface area contributed by atoms with E-state index in [-0.39, 0.29) is 18.5 Å². The van der Waals surface area contributed by atoms with Crippen LogP contribution in [-0.4, -0.2) is 60.3 Å². The lowest BCUT2D eigenvalue weighted by molar-refractivity contribution is 0.0401.